The Morgan fingerprint density at radius 3 is 1.42 bits per heavy atom. The summed E-state index contributed by atoms with van der Waals surface area (Å²) >= 11 is 3.65. The lowest BCUT2D eigenvalue weighted by Crippen LogP contribution is -2.56. The normalized spacial score (nSPS) is 42.2. The molecule has 2 saturated heterocycles. The van der Waals surface area contributed by atoms with Crippen LogP contribution < -0.4 is 10.6 Å². The van der Waals surface area contributed by atoms with Gasteiger partial charge in [0.05, 0.1) is 32.5 Å². The van der Waals surface area contributed by atoms with E-state index in [0.717, 1.165) is 202 Å². The van der Waals surface area contributed by atoms with E-state index in [0.29, 0.717) is 93.3 Å². The summed E-state index contributed by atoms with van der Waals surface area (Å²) < 4.78 is 24.5. The van der Waals surface area contributed by atoms with Crippen LogP contribution in [0.2, 0.25) is 0 Å². The Balaban J connectivity index is 0.000000124. The van der Waals surface area contributed by atoms with Crippen LogP contribution in [-0.2, 0) is 46.2 Å². The molecule has 14 unspecified atom stereocenters. The van der Waals surface area contributed by atoms with E-state index in [9.17, 15) is 19.5 Å². The Labute approximate surface area is 641 Å². The summed E-state index contributed by atoms with van der Waals surface area (Å²) in [4.78, 5) is 48.3. The number of rotatable bonds is 16. The number of aliphatic hydroxyl groups is 1. The van der Waals surface area contributed by atoms with Gasteiger partial charge in [-0.15, -0.1) is 0 Å². The fourth-order valence-corrected chi connectivity index (χ4v) is 30.6. The minimum Gasteiger partial charge on any atom is -0.393 e. The van der Waals surface area contributed by atoms with Gasteiger partial charge in [0.15, 0.2) is 11.6 Å². The maximum atomic E-state index is 13.7. The number of fused-ring (bicyclic) bond motifs is 15. The molecule has 4 heterocycles. The molecule has 2 aliphatic heterocycles. The predicted octanol–water partition coefficient (Wildman–Crippen LogP) is 20.2. The summed E-state index contributed by atoms with van der Waals surface area (Å²) in [5.41, 5.74) is 6.49. The average molecular weight is 1510 g/mol. The maximum absolute atomic E-state index is 13.7. The van der Waals surface area contributed by atoms with Crippen molar-refractivity contribution in [3.63, 3.8) is 0 Å². The van der Waals surface area contributed by atoms with E-state index in [-0.39, 0.29) is 33.9 Å². The topological polar surface area (TPSA) is 158 Å². The zero-order chi connectivity index (χ0) is 72.4. The minimum absolute atomic E-state index is 0.0153. The SMILES string of the molecule is CCC(NC1CCCCC1)c1cncc(CC[C@]23CCC4C(CCC5CC(=O)CC[C@@]54C)C2CC[C@@H]3O)c1.CCC(NC1CCCCC1)c1cncc(CC[C@]23CCC4C(CCC5CC6(CC[C@@]54C)OCCO6)C2CCC3=O)c1.C[C@]12CCC3(CC1CCC1C4CCC(=O)[C@@]4(CCBr)CCC12)OCCO3. The van der Waals surface area contributed by atoms with Gasteiger partial charge in [-0.3, -0.25) is 24.4 Å². The molecular formula is C92H139BrN4O8. The number of hydrogen-bond donors (Lipinski definition) is 3. The van der Waals surface area contributed by atoms with Crippen molar-refractivity contribution in [3.8, 4) is 0 Å². The zero-order valence-corrected chi connectivity index (χ0v) is 67.6. The number of hydrogen-bond acceptors (Lipinski definition) is 12. The van der Waals surface area contributed by atoms with Crippen molar-refractivity contribution >= 4 is 33.3 Å². The molecule has 0 aromatic carbocycles. The first-order valence-corrected chi connectivity index (χ1v) is 45.8. The van der Waals surface area contributed by atoms with Crippen LogP contribution >= 0.6 is 15.9 Å². The largest absolute Gasteiger partial charge is 0.393 e. The number of aromatic nitrogens is 2. The first kappa shape index (κ1) is 76.5. The molecule has 105 heavy (non-hydrogen) atoms. The molecule has 0 amide bonds. The van der Waals surface area contributed by atoms with Crippen molar-refractivity contribution in [2.24, 2.45) is 104 Å². The highest BCUT2D eigenvalue weighted by Gasteiger charge is 2.67. The molecular weight excluding hydrogens is 1370 g/mol. The third-order valence-electron chi connectivity index (χ3n) is 35.6. The van der Waals surface area contributed by atoms with E-state index in [1.807, 2.05) is 0 Å². The molecule has 14 saturated carbocycles. The van der Waals surface area contributed by atoms with Gasteiger partial charge in [-0.25, -0.2) is 0 Å². The minimum atomic E-state index is -0.288. The molecule has 0 bridgehead atoms. The number of ether oxygens (including phenoxy) is 4. The van der Waals surface area contributed by atoms with E-state index in [4.69, 9.17) is 28.9 Å². The van der Waals surface area contributed by atoms with Crippen molar-refractivity contribution in [2.75, 3.05) is 31.8 Å². The molecule has 14 aliphatic carbocycles. The summed E-state index contributed by atoms with van der Waals surface area (Å²) in [6, 6.07) is 6.90. The smallest absolute Gasteiger partial charge is 0.168 e. The quantitative estimate of drug-likeness (QED) is 0.137. The number of nitrogens with zero attached hydrogens (tertiary/aromatic N) is 2. The summed E-state index contributed by atoms with van der Waals surface area (Å²) in [6.07, 6.45) is 59.5. The van der Waals surface area contributed by atoms with E-state index in [1.54, 1.807) is 0 Å². The number of carbonyl (C=O) groups excluding carboxylic acids is 3. The lowest BCUT2D eigenvalue weighted by Gasteiger charge is -2.61. The van der Waals surface area contributed by atoms with Crippen LogP contribution in [0.25, 0.3) is 0 Å². The van der Waals surface area contributed by atoms with Crippen molar-refractivity contribution in [2.45, 2.75) is 359 Å². The highest BCUT2D eigenvalue weighted by molar-refractivity contribution is 9.09. The number of aliphatic hydroxyl groups excluding tert-OH is 1. The number of halogens is 1. The standard InChI is InChI=1S/C36H54N2O3.C34H52N2O2.C22H33BrO3/c1-3-32(38-28-7-5-4-6-8-28)26-21-25(23-37-24-26)13-15-35-16-14-30-29(31(35)11-12-33(35)39)10-9-27-22-36(40-19-20-41-36)18-17-34(27,30)2;1-3-31(36-26-7-5-4-6-8-26)24-19-23(21-35-22-24)13-17-34-18-15-29-28(30(34)11-12-32(34)38)10-9-25-20-27(37)14-16-33(25,29)2;1-20-8-9-22(25-12-13-26-22)14-15(20)2-3-16-17(20)6-7-21(10-11-23)18(16)4-5-19(21)24/h21,23-24,27-32,38H,3-20,22H2,1-2H3;19,21-22,25-26,28-32,36,38H,3-18,20H2,1-2H3;15-18H,2-14H2,1H3/t27?,29?,30?,31?,32?,34-,35-;25?,28?,29?,30?,31?,32-,33-,34-;15?,16?,17?,18?,20-,21+/m000/s1. The number of carbonyl (C=O) groups is 3. The van der Waals surface area contributed by atoms with E-state index in [1.165, 1.54) is 170 Å². The van der Waals surface area contributed by atoms with Crippen LogP contribution in [-0.4, -0.2) is 93.9 Å². The second-order valence-corrected chi connectivity index (χ2v) is 40.4. The highest BCUT2D eigenvalue weighted by atomic mass is 79.9. The van der Waals surface area contributed by atoms with Gasteiger partial charge >= 0.3 is 0 Å². The summed E-state index contributed by atoms with van der Waals surface area (Å²) in [5.74, 6) is 9.58. The first-order valence-electron chi connectivity index (χ1n) is 44.7. The van der Waals surface area contributed by atoms with Crippen LogP contribution in [0.5, 0.6) is 0 Å². The Kier molecular flexibility index (Phi) is 22.9. The molecule has 21 atom stereocenters. The molecule has 18 rings (SSSR count). The van der Waals surface area contributed by atoms with Crippen molar-refractivity contribution in [1.29, 1.82) is 0 Å². The van der Waals surface area contributed by atoms with E-state index in [2.05, 4.69) is 98.1 Å². The summed E-state index contributed by atoms with van der Waals surface area (Å²) in [6.45, 7) is 15.4. The van der Waals surface area contributed by atoms with Crippen LogP contribution in [0.15, 0.2) is 36.9 Å². The molecule has 0 radical (unpaired) electrons. The summed E-state index contributed by atoms with van der Waals surface area (Å²) in [5, 5.41) is 20.4. The number of alkyl halides is 1. The average Bonchev–Trinajstić information content (AvgIpc) is 1.69. The number of Topliss-reactive ketones (excluding diaryl/α,β-unsaturated/α-hetero) is 3. The molecule has 582 valence electrons. The van der Waals surface area contributed by atoms with Gasteiger partial charge in [0, 0.05) is 116 Å². The number of pyridine rings is 2. The monoisotopic (exact) mass is 1510 g/mol. The zero-order valence-electron chi connectivity index (χ0n) is 66.0. The van der Waals surface area contributed by atoms with Gasteiger partial charge in [0.2, 0.25) is 0 Å². The maximum Gasteiger partial charge on any atom is 0.168 e. The van der Waals surface area contributed by atoms with Crippen LogP contribution in [0.3, 0.4) is 0 Å². The third-order valence-corrected chi connectivity index (χ3v) is 36.0. The molecule has 3 N–H and O–H groups in total. The fraction of sp³-hybridized carbons (Fsp3) is 0.859. The lowest BCUT2D eigenvalue weighted by atomic mass is 9.44. The van der Waals surface area contributed by atoms with Crippen molar-refractivity contribution in [3.05, 3.63) is 59.2 Å². The number of nitrogens with one attached hydrogen (secondary N) is 2. The lowest BCUT2D eigenvalue weighted by molar-refractivity contribution is -0.229. The molecule has 16 aliphatic rings. The van der Waals surface area contributed by atoms with Gasteiger partial charge in [-0.05, 0) is 308 Å². The van der Waals surface area contributed by atoms with Gasteiger partial charge in [-0.1, -0.05) is 101 Å². The first-order chi connectivity index (χ1) is 50.9. The Morgan fingerprint density at radius 2 is 0.924 bits per heavy atom. The van der Waals surface area contributed by atoms with Gasteiger partial charge in [0.1, 0.15) is 17.3 Å². The van der Waals surface area contributed by atoms with Crippen molar-refractivity contribution < 1.29 is 38.4 Å². The van der Waals surface area contributed by atoms with Crippen LogP contribution in [0.1, 0.15) is 339 Å². The third kappa shape index (κ3) is 14.3. The molecule has 16 fully saturated rings. The predicted molar refractivity (Wildman–Crippen MR) is 418 cm³/mol. The van der Waals surface area contributed by atoms with Gasteiger partial charge in [-0.2, -0.15) is 0 Å². The molecule has 2 spiro atoms. The molecule has 2 aromatic heterocycles. The number of ketones is 3. The second-order valence-electron chi connectivity index (χ2n) is 39.6. The van der Waals surface area contributed by atoms with Crippen LogP contribution in [0.4, 0.5) is 0 Å². The Morgan fingerprint density at radius 1 is 0.467 bits per heavy atom. The Bertz CT molecular complexity index is 3340. The van der Waals surface area contributed by atoms with Crippen LogP contribution in [0, 0.1) is 104 Å². The Hall–Kier alpha value is -2.49. The van der Waals surface area contributed by atoms with Gasteiger partial charge < -0.3 is 34.7 Å². The van der Waals surface area contributed by atoms with Gasteiger partial charge in [0.25, 0.3) is 0 Å². The fourth-order valence-electron chi connectivity index (χ4n) is 29.9. The summed E-state index contributed by atoms with van der Waals surface area (Å²) in [7, 11) is 0. The molecule has 2 aromatic rings. The number of aryl methyl sites for hydroxylation is 2. The molecule has 13 heteroatoms. The van der Waals surface area contributed by atoms with E-state index < -0.39 is 0 Å². The second kappa shape index (κ2) is 31.5. The van der Waals surface area contributed by atoms with Crippen molar-refractivity contribution in [1.82, 2.24) is 20.6 Å². The highest BCUT2D eigenvalue weighted by Crippen LogP contribution is 2.71. The molecule has 12 nitrogen and oxygen atoms in total. The van der Waals surface area contributed by atoms with E-state index >= 15 is 0 Å².